The van der Waals surface area contributed by atoms with Crippen LogP contribution in [0.4, 0.5) is 0 Å². The minimum Gasteiger partial charge on any atom is -0.423 e. The normalized spacial score (nSPS) is 15.2. The Kier molecular flexibility index (Phi) is 6.17. The highest BCUT2D eigenvalue weighted by atomic mass is 35.5. The Morgan fingerprint density at radius 2 is 1.57 bits per heavy atom. The van der Waals surface area contributed by atoms with Gasteiger partial charge in [-0.3, -0.25) is 4.79 Å². The number of sulfonamides is 1. The number of esters is 1. The summed E-state index contributed by atoms with van der Waals surface area (Å²) in [7, 11) is -3.78. The van der Waals surface area contributed by atoms with Crippen LogP contribution in [0.1, 0.15) is 46.9 Å². The fourth-order valence-electron chi connectivity index (χ4n) is 3.00. The molecule has 0 atom stereocenters. The molecule has 6 nitrogen and oxygen atoms in total. The number of rotatable bonds is 5. The van der Waals surface area contributed by atoms with Crippen molar-refractivity contribution in [2.24, 2.45) is 0 Å². The van der Waals surface area contributed by atoms with Crippen molar-refractivity contribution < 1.29 is 22.7 Å². The van der Waals surface area contributed by atoms with Gasteiger partial charge >= 0.3 is 5.97 Å². The fourth-order valence-corrected chi connectivity index (χ4v) is 5.01. The average Bonchev–Trinajstić information content (AvgIpc) is 2.69. The summed E-state index contributed by atoms with van der Waals surface area (Å²) in [6.45, 7) is 2.32. The predicted octanol–water partition coefficient (Wildman–Crippen LogP) is 3.94. The maximum absolute atomic E-state index is 12.9. The Morgan fingerprint density at radius 3 is 2.18 bits per heavy atom. The van der Waals surface area contributed by atoms with E-state index in [9.17, 15) is 18.0 Å². The van der Waals surface area contributed by atoms with E-state index in [0.29, 0.717) is 18.7 Å². The van der Waals surface area contributed by atoms with Crippen LogP contribution in [0.5, 0.6) is 5.75 Å². The van der Waals surface area contributed by atoms with Gasteiger partial charge in [-0.05, 0) is 62.2 Å². The number of Topliss-reactive ketones (excluding diaryl/α,β-unsaturated/α-hetero) is 1. The average molecular weight is 422 g/mol. The topological polar surface area (TPSA) is 80.8 Å². The second-order valence-corrected chi connectivity index (χ2v) is 8.89. The summed E-state index contributed by atoms with van der Waals surface area (Å²) < 4.78 is 32.5. The Balaban J connectivity index is 1.83. The van der Waals surface area contributed by atoms with Gasteiger partial charge in [0.05, 0.1) is 10.6 Å². The number of ether oxygens (including phenoxy) is 1. The molecule has 0 amide bonds. The fraction of sp³-hybridized carbons (Fsp3) is 0.300. The molecule has 1 aliphatic heterocycles. The quantitative estimate of drug-likeness (QED) is 0.415. The lowest BCUT2D eigenvalue weighted by molar-refractivity contribution is 0.0734. The summed E-state index contributed by atoms with van der Waals surface area (Å²) in [4.78, 5) is 23.7. The molecule has 0 spiro atoms. The van der Waals surface area contributed by atoms with Gasteiger partial charge in [0.25, 0.3) is 0 Å². The van der Waals surface area contributed by atoms with Crippen molar-refractivity contribution >= 4 is 33.4 Å². The van der Waals surface area contributed by atoms with E-state index in [1.54, 1.807) is 12.1 Å². The molecule has 1 heterocycles. The van der Waals surface area contributed by atoms with Crippen LogP contribution in [-0.2, 0) is 10.0 Å². The summed E-state index contributed by atoms with van der Waals surface area (Å²) in [5.74, 6) is -0.545. The number of halogens is 1. The van der Waals surface area contributed by atoms with Gasteiger partial charge in [-0.1, -0.05) is 18.0 Å². The molecule has 2 aromatic rings. The van der Waals surface area contributed by atoms with E-state index < -0.39 is 16.0 Å². The highest BCUT2D eigenvalue weighted by Crippen LogP contribution is 2.28. The van der Waals surface area contributed by atoms with Crippen molar-refractivity contribution in [2.45, 2.75) is 31.1 Å². The van der Waals surface area contributed by atoms with Crippen LogP contribution in [0.3, 0.4) is 0 Å². The lowest BCUT2D eigenvalue weighted by Gasteiger charge is -2.26. The van der Waals surface area contributed by atoms with Crippen LogP contribution < -0.4 is 4.74 Å². The van der Waals surface area contributed by atoms with Crippen molar-refractivity contribution in [3.05, 3.63) is 58.6 Å². The lowest BCUT2D eigenvalue weighted by Crippen LogP contribution is -2.35. The Morgan fingerprint density at radius 1 is 0.964 bits per heavy atom. The maximum atomic E-state index is 12.9. The van der Waals surface area contributed by atoms with Gasteiger partial charge < -0.3 is 4.74 Å². The SMILES string of the molecule is CC(=O)c1ccc(OC(=O)c2ccc(Cl)c(S(=O)(=O)N3CCCCC3)c2)cc1. The van der Waals surface area contributed by atoms with E-state index in [0.717, 1.165) is 19.3 Å². The second kappa shape index (κ2) is 8.43. The number of carbonyl (C=O) groups is 2. The van der Waals surface area contributed by atoms with Gasteiger partial charge in [0.1, 0.15) is 10.6 Å². The Labute approximate surface area is 169 Å². The van der Waals surface area contributed by atoms with Gasteiger partial charge in [-0.25, -0.2) is 13.2 Å². The van der Waals surface area contributed by atoms with Gasteiger partial charge in [0, 0.05) is 18.7 Å². The lowest BCUT2D eigenvalue weighted by atomic mass is 10.1. The predicted molar refractivity (Wildman–Crippen MR) is 105 cm³/mol. The third-order valence-electron chi connectivity index (χ3n) is 4.57. The number of carbonyl (C=O) groups excluding carboxylic acids is 2. The molecule has 1 saturated heterocycles. The summed E-state index contributed by atoms with van der Waals surface area (Å²) in [5.41, 5.74) is 0.580. The first-order chi connectivity index (χ1) is 13.3. The number of piperidine rings is 1. The monoisotopic (exact) mass is 421 g/mol. The zero-order chi connectivity index (χ0) is 20.3. The molecule has 0 radical (unpaired) electrons. The Bertz CT molecular complexity index is 996. The minimum atomic E-state index is -3.78. The first-order valence-electron chi connectivity index (χ1n) is 8.92. The number of nitrogens with zero attached hydrogens (tertiary/aromatic N) is 1. The molecule has 0 aliphatic carbocycles. The standard InChI is InChI=1S/C20H20ClNO5S/c1-14(23)15-5-8-17(9-6-15)27-20(24)16-7-10-18(21)19(13-16)28(25,26)22-11-3-2-4-12-22/h5-10,13H,2-4,11-12H2,1H3. The number of hydrogen-bond acceptors (Lipinski definition) is 5. The smallest absolute Gasteiger partial charge is 0.343 e. The van der Waals surface area contributed by atoms with Crippen LogP contribution in [-0.4, -0.2) is 37.6 Å². The van der Waals surface area contributed by atoms with Crippen molar-refractivity contribution in [1.82, 2.24) is 4.31 Å². The van der Waals surface area contributed by atoms with Gasteiger partial charge in [-0.15, -0.1) is 0 Å². The van der Waals surface area contributed by atoms with Crippen molar-refractivity contribution in [3.63, 3.8) is 0 Å². The molecular formula is C20H20ClNO5S. The highest BCUT2D eigenvalue weighted by molar-refractivity contribution is 7.89. The minimum absolute atomic E-state index is 0.0629. The molecule has 0 bridgehead atoms. The second-order valence-electron chi connectivity index (χ2n) is 6.58. The van der Waals surface area contributed by atoms with E-state index in [1.165, 1.54) is 41.6 Å². The zero-order valence-corrected chi connectivity index (χ0v) is 16.9. The zero-order valence-electron chi connectivity index (χ0n) is 15.4. The summed E-state index contributed by atoms with van der Waals surface area (Å²) in [6.07, 6.45) is 2.60. The van der Waals surface area contributed by atoms with E-state index >= 15 is 0 Å². The molecule has 1 fully saturated rings. The van der Waals surface area contributed by atoms with Crippen LogP contribution in [0.15, 0.2) is 47.4 Å². The van der Waals surface area contributed by atoms with Crippen molar-refractivity contribution in [2.75, 3.05) is 13.1 Å². The van der Waals surface area contributed by atoms with E-state index in [-0.39, 0.29) is 27.0 Å². The molecule has 1 aliphatic rings. The molecule has 0 saturated carbocycles. The number of ketones is 1. The highest BCUT2D eigenvalue weighted by Gasteiger charge is 2.29. The molecule has 0 N–H and O–H groups in total. The largest absolute Gasteiger partial charge is 0.423 e. The molecule has 28 heavy (non-hydrogen) atoms. The van der Waals surface area contributed by atoms with Crippen LogP contribution in [0.2, 0.25) is 5.02 Å². The third kappa shape index (κ3) is 4.43. The van der Waals surface area contributed by atoms with Crippen molar-refractivity contribution in [3.8, 4) is 5.75 Å². The van der Waals surface area contributed by atoms with Crippen LogP contribution >= 0.6 is 11.6 Å². The molecule has 0 unspecified atom stereocenters. The molecule has 8 heteroatoms. The summed E-state index contributed by atoms with van der Waals surface area (Å²) in [6, 6.07) is 10.2. The Hall–Kier alpha value is -2.22. The first kappa shape index (κ1) is 20.5. The van der Waals surface area contributed by atoms with E-state index in [2.05, 4.69) is 0 Å². The molecular weight excluding hydrogens is 402 g/mol. The summed E-state index contributed by atoms with van der Waals surface area (Å²) in [5, 5.41) is 0.0629. The molecule has 0 aromatic heterocycles. The third-order valence-corrected chi connectivity index (χ3v) is 6.95. The van der Waals surface area contributed by atoms with Gasteiger partial charge in [-0.2, -0.15) is 4.31 Å². The van der Waals surface area contributed by atoms with Gasteiger partial charge in [0.15, 0.2) is 5.78 Å². The molecule has 148 valence electrons. The number of hydrogen-bond donors (Lipinski definition) is 0. The van der Waals surface area contributed by atoms with E-state index in [4.69, 9.17) is 16.3 Å². The van der Waals surface area contributed by atoms with Crippen LogP contribution in [0, 0.1) is 0 Å². The molecule has 2 aromatic carbocycles. The first-order valence-corrected chi connectivity index (χ1v) is 10.7. The number of benzene rings is 2. The molecule has 3 rings (SSSR count). The van der Waals surface area contributed by atoms with Crippen LogP contribution in [0.25, 0.3) is 0 Å². The van der Waals surface area contributed by atoms with E-state index in [1.807, 2.05) is 0 Å². The van der Waals surface area contributed by atoms with Crippen molar-refractivity contribution in [1.29, 1.82) is 0 Å². The van der Waals surface area contributed by atoms with Gasteiger partial charge in [0.2, 0.25) is 10.0 Å². The maximum Gasteiger partial charge on any atom is 0.343 e. The summed E-state index contributed by atoms with van der Waals surface area (Å²) >= 11 is 6.12.